The Kier molecular flexibility index (Phi) is 12.2. The Morgan fingerprint density at radius 2 is 1.79 bits per heavy atom. The maximum Gasteiger partial charge on any atom is 0.329 e. The summed E-state index contributed by atoms with van der Waals surface area (Å²) in [5.41, 5.74) is 3.68. The third-order valence-electron chi connectivity index (χ3n) is 13.2. The molecule has 3 saturated heterocycles. The Labute approximate surface area is 357 Å². The zero-order valence-corrected chi connectivity index (χ0v) is 35.0. The van der Waals surface area contributed by atoms with Crippen LogP contribution in [0.15, 0.2) is 53.7 Å². The van der Waals surface area contributed by atoms with Crippen LogP contribution in [0, 0.1) is 5.92 Å². The van der Waals surface area contributed by atoms with Gasteiger partial charge in [0, 0.05) is 70.9 Å². The number of halogens is 2. The van der Waals surface area contributed by atoms with Crippen molar-refractivity contribution in [3.05, 3.63) is 76.2 Å². The van der Waals surface area contributed by atoms with Crippen molar-refractivity contribution in [3.8, 4) is 0 Å². The third-order valence-corrected chi connectivity index (χ3v) is 13.2. The predicted octanol–water partition coefficient (Wildman–Crippen LogP) is 5.03. The molecule has 18 heteroatoms. The number of nitrogens with one attached hydrogen (secondary N) is 2. The minimum Gasteiger partial charge on any atom is -0.378 e. The number of amides is 3. The van der Waals surface area contributed by atoms with Gasteiger partial charge in [0.15, 0.2) is 5.69 Å². The molecule has 4 aliphatic rings. The molecule has 0 bridgehead atoms. The fraction of sp³-hybridized carbons (Fsp3) is 0.545. The number of imidazole rings is 1. The van der Waals surface area contributed by atoms with Crippen LogP contribution in [0.1, 0.15) is 97.9 Å². The Balaban J connectivity index is 0.729. The van der Waals surface area contributed by atoms with Crippen molar-refractivity contribution in [2.75, 3.05) is 62.8 Å². The summed E-state index contributed by atoms with van der Waals surface area (Å²) in [5, 5.41) is 13.7. The topological polar surface area (TPSA) is 162 Å². The summed E-state index contributed by atoms with van der Waals surface area (Å²) in [5.74, 6) is -0.756. The van der Waals surface area contributed by atoms with Crippen LogP contribution in [0.3, 0.4) is 0 Å². The summed E-state index contributed by atoms with van der Waals surface area (Å²) in [6, 6.07) is 8.88. The van der Waals surface area contributed by atoms with Crippen molar-refractivity contribution in [3.63, 3.8) is 0 Å². The number of likely N-dealkylation sites (tertiary alicyclic amines) is 1. The number of aryl methyl sites for hydroxylation is 2. The van der Waals surface area contributed by atoms with Crippen LogP contribution >= 0.6 is 0 Å². The number of fused-ring (bicyclic) bond motifs is 2. The average Bonchev–Trinajstić information content (AvgIpc) is 3.98. The van der Waals surface area contributed by atoms with Crippen molar-refractivity contribution in [2.24, 2.45) is 13.0 Å². The Morgan fingerprint density at radius 1 is 1.00 bits per heavy atom. The van der Waals surface area contributed by atoms with Crippen LogP contribution in [-0.4, -0.2) is 110 Å². The van der Waals surface area contributed by atoms with Gasteiger partial charge in [-0.15, -0.1) is 0 Å². The van der Waals surface area contributed by atoms with Crippen LogP contribution in [0.25, 0.3) is 16.6 Å². The van der Waals surface area contributed by atoms with Gasteiger partial charge in [-0.2, -0.15) is 10.2 Å². The number of alkyl halides is 2. The maximum absolute atomic E-state index is 14.3. The lowest BCUT2D eigenvalue weighted by Crippen LogP contribution is -2.44. The second-order valence-electron chi connectivity index (χ2n) is 17.1. The Bertz CT molecular complexity index is 2490. The van der Waals surface area contributed by atoms with Gasteiger partial charge in [-0.05, 0) is 87.5 Å². The van der Waals surface area contributed by atoms with Gasteiger partial charge >= 0.3 is 5.69 Å². The van der Waals surface area contributed by atoms with Gasteiger partial charge in [0.05, 0.1) is 59.4 Å². The number of aromatic nitrogens is 6. The highest BCUT2D eigenvalue weighted by atomic mass is 19.3. The smallest absolute Gasteiger partial charge is 0.329 e. The van der Waals surface area contributed by atoms with Gasteiger partial charge in [-0.1, -0.05) is 12.1 Å². The van der Waals surface area contributed by atoms with E-state index >= 15 is 0 Å². The molecule has 1 aliphatic carbocycles. The molecule has 1 unspecified atom stereocenters. The fourth-order valence-electron chi connectivity index (χ4n) is 9.88. The number of carbonyl (C=O) groups excluding carboxylic acids is 3. The average molecular weight is 857 g/mol. The molecule has 0 spiro atoms. The van der Waals surface area contributed by atoms with E-state index in [-0.39, 0.29) is 35.9 Å². The SMILES string of the molecule is Cn1c(=O)n(C2CCC(=O)NC2=O)c2cccc(CCCOC3CCN(CC4CCC(n5cc(NC(=O)c6cnn7ccc(N8CCOCC8)cc67)c(C(F)F)n5)CC4)CC3)c21. The van der Waals surface area contributed by atoms with Crippen LogP contribution in [0.4, 0.5) is 20.2 Å². The number of rotatable bonds is 13. The number of anilines is 2. The number of para-hydroxylation sites is 1. The molecular weight excluding hydrogens is 803 g/mol. The second kappa shape index (κ2) is 18.1. The first-order valence-electron chi connectivity index (χ1n) is 22.0. The minimum absolute atomic E-state index is 0.0203. The van der Waals surface area contributed by atoms with Crippen molar-refractivity contribution < 1.29 is 32.6 Å². The fourth-order valence-corrected chi connectivity index (χ4v) is 9.88. The normalized spacial score (nSPS) is 21.9. The number of carbonyl (C=O) groups is 3. The quantitative estimate of drug-likeness (QED) is 0.121. The summed E-state index contributed by atoms with van der Waals surface area (Å²) in [6.07, 6.45) is 9.67. The number of benzene rings is 1. The van der Waals surface area contributed by atoms with Crippen molar-refractivity contribution >= 4 is 45.6 Å². The maximum atomic E-state index is 14.3. The summed E-state index contributed by atoms with van der Waals surface area (Å²) in [4.78, 5) is 55.8. The monoisotopic (exact) mass is 856 g/mol. The highest BCUT2D eigenvalue weighted by Gasteiger charge is 2.33. The Morgan fingerprint density at radius 3 is 2.55 bits per heavy atom. The van der Waals surface area contributed by atoms with Gasteiger partial charge in [0.2, 0.25) is 11.8 Å². The minimum atomic E-state index is -2.84. The molecule has 5 aromatic rings. The lowest BCUT2D eigenvalue weighted by Gasteiger charge is -2.36. The molecule has 3 amide bonds. The molecule has 330 valence electrons. The van der Waals surface area contributed by atoms with Gasteiger partial charge in [-0.3, -0.25) is 33.5 Å². The third kappa shape index (κ3) is 8.64. The van der Waals surface area contributed by atoms with E-state index in [1.54, 1.807) is 33.2 Å². The van der Waals surface area contributed by atoms with E-state index in [4.69, 9.17) is 9.47 Å². The van der Waals surface area contributed by atoms with Gasteiger partial charge < -0.3 is 24.6 Å². The number of morpholine rings is 1. The molecule has 9 rings (SSSR count). The van der Waals surface area contributed by atoms with Gasteiger partial charge in [0.1, 0.15) is 6.04 Å². The summed E-state index contributed by atoms with van der Waals surface area (Å²) in [6.45, 7) is 6.25. The van der Waals surface area contributed by atoms with Crippen molar-refractivity contribution in [1.82, 2.24) is 38.7 Å². The Hall–Kier alpha value is -5.46. The van der Waals surface area contributed by atoms with Gasteiger partial charge in [0.25, 0.3) is 12.3 Å². The van der Waals surface area contributed by atoms with E-state index in [0.717, 1.165) is 101 Å². The first-order valence-corrected chi connectivity index (χ1v) is 22.0. The first kappa shape index (κ1) is 41.9. The second-order valence-corrected chi connectivity index (χ2v) is 17.1. The molecule has 3 aliphatic heterocycles. The van der Waals surface area contributed by atoms with E-state index in [1.165, 1.54) is 10.8 Å². The zero-order chi connectivity index (χ0) is 42.9. The highest BCUT2D eigenvalue weighted by Crippen LogP contribution is 2.36. The summed E-state index contributed by atoms with van der Waals surface area (Å²) >= 11 is 0. The van der Waals surface area contributed by atoms with E-state index in [1.807, 2.05) is 30.3 Å². The van der Waals surface area contributed by atoms with Crippen molar-refractivity contribution in [1.29, 1.82) is 0 Å². The molecule has 1 aromatic carbocycles. The van der Waals surface area contributed by atoms with Crippen molar-refractivity contribution in [2.45, 2.75) is 88.8 Å². The molecule has 2 N–H and O–H groups in total. The van der Waals surface area contributed by atoms with E-state index in [2.05, 4.69) is 30.6 Å². The van der Waals surface area contributed by atoms with Crippen LogP contribution in [0.5, 0.6) is 0 Å². The first-order chi connectivity index (χ1) is 30.1. The largest absolute Gasteiger partial charge is 0.378 e. The number of hydrogen-bond donors (Lipinski definition) is 2. The predicted molar refractivity (Wildman–Crippen MR) is 227 cm³/mol. The van der Waals surface area contributed by atoms with Crippen LogP contribution in [0.2, 0.25) is 0 Å². The molecule has 4 fully saturated rings. The number of imide groups is 1. The van der Waals surface area contributed by atoms with Crippen LogP contribution < -0.4 is 21.2 Å². The van der Waals surface area contributed by atoms with E-state index in [9.17, 15) is 28.0 Å². The molecule has 4 aromatic heterocycles. The van der Waals surface area contributed by atoms with Gasteiger partial charge in [-0.25, -0.2) is 18.1 Å². The number of piperidine rings is 2. The molecule has 1 atom stereocenters. The number of nitrogens with zero attached hydrogens (tertiary/aromatic N) is 8. The lowest BCUT2D eigenvalue weighted by molar-refractivity contribution is -0.135. The summed E-state index contributed by atoms with van der Waals surface area (Å²) in [7, 11) is 1.73. The molecule has 1 saturated carbocycles. The van der Waals surface area contributed by atoms with Crippen LogP contribution in [-0.2, 0) is 32.5 Å². The number of ether oxygens (including phenoxy) is 2. The lowest BCUT2D eigenvalue weighted by atomic mass is 9.85. The standard InChI is InChI=1S/C44H54F2N10O6/c1-51-40-29(4-2-6-35(40)56(44(51)60)36-11-12-38(57)49-43(36)59)5-3-21-62-32-14-16-52(17-15-32)26-28-7-9-30(10-8-28)55-27-34(39(50-55)41(45)46)48-42(58)33-25-47-54-18-13-31(24-37(33)54)53-19-22-61-23-20-53/h2,4,6,13,18,24-25,27-28,30,32,36,41H,3,5,7-12,14-17,19-23,26H2,1H3,(H,48,58)(H,49,57,59). The molecule has 62 heavy (non-hydrogen) atoms. The molecular formula is C44H54F2N10O6. The molecule has 16 nitrogen and oxygen atoms in total. The zero-order valence-electron chi connectivity index (χ0n) is 35.0. The molecule has 7 heterocycles. The number of pyridine rings is 1. The molecule has 0 radical (unpaired) electrons. The van der Waals surface area contributed by atoms with E-state index in [0.29, 0.717) is 48.8 Å². The highest BCUT2D eigenvalue weighted by molar-refractivity contribution is 6.09. The van der Waals surface area contributed by atoms with E-state index < -0.39 is 30.0 Å². The number of hydrogen-bond acceptors (Lipinski definition) is 10. The summed E-state index contributed by atoms with van der Waals surface area (Å²) < 4.78 is 46.7.